The predicted molar refractivity (Wildman–Crippen MR) is 51.2 cm³/mol. The van der Waals surface area contributed by atoms with Gasteiger partial charge in [-0.3, -0.25) is 4.98 Å². The predicted octanol–water partition coefficient (Wildman–Crippen LogP) is 1.96. The Morgan fingerprint density at radius 1 is 1.58 bits per heavy atom. The van der Waals surface area contributed by atoms with E-state index in [1.165, 1.54) is 6.20 Å². The Kier molecular flexibility index (Phi) is 3.08. The Bertz CT molecular complexity index is 286. The second-order valence-electron chi connectivity index (χ2n) is 2.48. The zero-order chi connectivity index (χ0) is 8.81. The molecule has 1 aromatic rings. The molecule has 0 amide bonds. The van der Waals surface area contributed by atoms with E-state index in [1.807, 2.05) is 37.4 Å². The molecule has 2 heteroatoms. The van der Waals surface area contributed by atoms with Gasteiger partial charge < -0.3 is 5.73 Å². The summed E-state index contributed by atoms with van der Waals surface area (Å²) in [6, 6.07) is 3.93. The number of rotatable bonds is 2. The van der Waals surface area contributed by atoms with E-state index in [-0.39, 0.29) is 0 Å². The van der Waals surface area contributed by atoms with E-state index in [4.69, 9.17) is 5.73 Å². The fourth-order valence-corrected chi connectivity index (χ4v) is 0.892. The quantitative estimate of drug-likeness (QED) is 0.671. The van der Waals surface area contributed by atoms with Crippen LogP contribution in [0.3, 0.4) is 0 Å². The molecule has 0 unspecified atom stereocenters. The maximum atomic E-state index is 5.21. The van der Waals surface area contributed by atoms with Gasteiger partial charge in [0.05, 0.1) is 0 Å². The summed E-state index contributed by atoms with van der Waals surface area (Å²) < 4.78 is 0. The van der Waals surface area contributed by atoms with Crippen molar-refractivity contribution in [1.82, 2.24) is 4.98 Å². The van der Waals surface area contributed by atoms with Crippen LogP contribution in [0.1, 0.15) is 12.5 Å². The second kappa shape index (κ2) is 4.34. The minimum absolute atomic E-state index is 1.12. The summed E-state index contributed by atoms with van der Waals surface area (Å²) in [5.41, 5.74) is 7.49. The highest BCUT2D eigenvalue weighted by Crippen LogP contribution is 2.10. The average molecular weight is 160 g/mol. The molecular weight excluding hydrogens is 148 g/mol. The Morgan fingerprint density at radius 2 is 2.42 bits per heavy atom. The highest BCUT2D eigenvalue weighted by molar-refractivity contribution is 5.64. The molecule has 12 heavy (non-hydrogen) atoms. The molecular formula is C10H12N2. The lowest BCUT2D eigenvalue weighted by molar-refractivity contribution is 1.30. The maximum Gasteiger partial charge on any atom is 0.0342 e. The first-order valence-electron chi connectivity index (χ1n) is 3.80. The van der Waals surface area contributed by atoms with Gasteiger partial charge in [0.2, 0.25) is 0 Å². The number of pyridine rings is 1. The molecule has 0 aliphatic carbocycles. The molecule has 0 aliphatic rings. The highest BCUT2D eigenvalue weighted by atomic mass is 14.6. The van der Waals surface area contributed by atoms with E-state index in [1.54, 1.807) is 6.20 Å². The lowest BCUT2D eigenvalue weighted by Crippen LogP contribution is -1.80. The number of nitrogens with two attached hydrogens (primary N) is 1. The van der Waals surface area contributed by atoms with Crippen LogP contribution in [-0.2, 0) is 0 Å². The van der Waals surface area contributed by atoms with Crippen LogP contribution < -0.4 is 5.73 Å². The van der Waals surface area contributed by atoms with Crippen LogP contribution in [-0.4, -0.2) is 4.98 Å². The zero-order valence-corrected chi connectivity index (χ0v) is 7.07. The normalized spacial score (nSPS) is 12.2. The SMILES string of the molecule is C/C(=C\C=C/N)c1cccnc1. The minimum atomic E-state index is 1.12. The molecule has 0 saturated carbocycles. The minimum Gasteiger partial charge on any atom is -0.405 e. The first-order chi connectivity index (χ1) is 5.84. The number of nitrogens with zero attached hydrogens (tertiary/aromatic N) is 1. The van der Waals surface area contributed by atoms with E-state index in [9.17, 15) is 0 Å². The Labute approximate surface area is 72.4 Å². The van der Waals surface area contributed by atoms with Crippen molar-refractivity contribution in [2.45, 2.75) is 6.92 Å². The molecule has 0 bridgehead atoms. The fourth-order valence-electron chi connectivity index (χ4n) is 0.892. The van der Waals surface area contributed by atoms with Gasteiger partial charge in [-0.15, -0.1) is 0 Å². The monoisotopic (exact) mass is 160 g/mol. The molecule has 0 saturated heterocycles. The van der Waals surface area contributed by atoms with Crippen LogP contribution >= 0.6 is 0 Å². The largest absolute Gasteiger partial charge is 0.405 e. The summed E-state index contributed by atoms with van der Waals surface area (Å²) in [5, 5.41) is 0. The van der Waals surface area contributed by atoms with Crippen molar-refractivity contribution < 1.29 is 0 Å². The van der Waals surface area contributed by atoms with Crippen LogP contribution in [0.4, 0.5) is 0 Å². The van der Waals surface area contributed by atoms with E-state index < -0.39 is 0 Å². The van der Waals surface area contributed by atoms with Crippen molar-refractivity contribution in [1.29, 1.82) is 0 Å². The fraction of sp³-hybridized carbons (Fsp3) is 0.100. The lowest BCUT2D eigenvalue weighted by Gasteiger charge is -1.97. The molecule has 2 nitrogen and oxygen atoms in total. The molecule has 0 fully saturated rings. The summed E-state index contributed by atoms with van der Waals surface area (Å²) in [4.78, 5) is 4.02. The van der Waals surface area contributed by atoms with E-state index in [0.29, 0.717) is 0 Å². The Balaban J connectivity index is 2.85. The van der Waals surface area contributed by atoms with Gasteiger partial charge in [-0.2, -0.15) is 0 Å². The van der Waals surface area contributed by atoms with Crippen molar-refractivity contribution in [2.75, 3.05) is 0 Å². The molecule has 62 valence electrons. The number of allylic oxidation sites excluding steroid dienone is 3. The van der Waals surface area contributed by atoms with Crippen molar-refractivity contribution >= 4 is 5.57 Å². The van der Waals surface area contributed by atoms with Gasteiger partial charge in [0.1, 0.15) is 0 Å². The molecule has 0 aliphatic heterocycles. The topological polar surface area (TPSA) is 38.9 Å². The van der Waals surface area contributed by atoms with E-state index in [0.717, 1.165) is 11.1 Å². The van der Waals surface area contributed by atoms with Crippen molar-refractivity contribution in [2.24, 2.45) is 5.73 Å². The molecule has 1 heterocycles. The van der Waals surface area contributed by atoms with Crippen LogP contribution in [0, 0.1) is 0 Å². The van der Waals surface area contributed by atoms with Crippen molar-refractivity contribution in [3.8, 4) is 0 Å². The zero-order valence-electron chi connectivity index (χ0n) is 7.07. The average Bonchev–Trinajstić information content (AvgIpc) is 2.15. The molecule has 1 aromatic heterocycles. The third-order valence-electron chi connectivity index (χ3n) is 1.57. The van der Waals surface area contributed by atoms with Gasteiger partial charge in [-0.25, -0.2) is 0 Å². The van der Waals surface area contributed by atoms with Gasteiger partial charge in [0.25, 0.3) is 0 Å². The van der Waals surface area contributed by atoms with E-state index in [2.05, 4.69) is 4.98 Å². The number of hydrogen-bond acceptors (Lipinski definition) is 2. The van der Waals surface area contributed by atoms with Gasteiger partial charge in [0.15, 0.2) is 0 Å². The number of aromatic nitrogens is 1. The lowest BCUT2D eigenvalue weighted by atomic mass is 10.1. The van der Waals surface area contributed by atoms with Crippen LogP contribution in [0.25, 0.3) is 5.57 Å². The summed E-state index contributed by atoms with van der Waals surface area (Å²) in [6.07, 6.45) is 8.87. The smallest absolute Gasteiger partial charge is 0.0342 e. The summed E-state index contributed by atoms with van der Waals surface area (Å²) in [5.74, 6) is 0. The first-order valence-corrected chi connectivity index (χ1v) is 3.80. The van der Waals surface area contributed by atoms with Gasteiger partial charge >= 0.3 is 0 Å². The van der Waals surface area contributed by atoms with Gasteiger partial charge in [0, 0.05) is 12.4 Å². The van der Waals surface area contributed by atoms with Crippen LogP contribution in [0.5, 0.6) is 0 Å². The molecule has 0 aromatic carbocycles. The van der Waals surface area contributed by atoms with Crippen LogP contribution in [0.2, 0.25) is 0 Å². The molecule has 2 N–H and O–H groups in total. The summed E-state index contributed by atoms with van der Waals surface area (Å²) in [6.45, 7) is 2.02. The van der Waals surface area contributed by atoms with E-state index >= 15 is 0 Å². The standard InChI is InChI=1S/C10H12N2/c1-9(4-2-6-11)10-5-3-7-12-8-10/h2-8H,11H2,1H3/b6-2-,9-4+. The third kappa shape index (κ3) is 2.23. The van der Waals surface area contributed by atoms with Gasteiger partial charge in [-0.05, 0) is 36.4 Å². The summed E-state index contributed by atoms with van der Waals surface area (Å²) in [7, 11) is 0. The number of hydrogen-bond donors (Lipinski definition) is 1. The van der Waals surface area contributed by atoms with Crippen molar-refractivity contribution in [3.63, 3.8) is 0 Å². The highest BCUT2D eigenvalue weighted by Gasteiger charge is 1.90. The van der Waals surface area contributed by atoms with Crippen LogP contribution in [0.15, 0.2) is 42.9 Å². The Morgan fingerprint density at radius 3 is 3.00 bits per heavy atom. The third-order valence-corrected chi connectivity index (χ3v) is 1.57. The molecule has 0 spiro atoms. The van der Waals surface area contributed by atoms with Gasteiger partial charge in [-0.1, -0.05) is 12.1 Å². The Hall–Kier alpha value is -1.57. The molecule has 0 radical (unpaired) electrons. The first kappa shape index (κ1) is 8.53. The maximum absolute atomic E-state index is 5.21. The van der Waals surface area contributed by atoms with Crippen molar-refractivity contribution in [3.05, 3.63) is 48.4 Å². The summed E-state index contributed by atoms with van der Waals surface area (Å²) >= 11 is 0. The molecule has 1 rings (SSSR count). The molecule has 0 atom stereocenters. The second-order valence-corrected chi connectivity index (χ2v) is 2.48.